The molecule has 0 aromatic rings. The Balaban J connectivity index is 2.16. The van der Waals surface area contributed by atoms with Crippen LogP contribution in [-0.2, 0) is 0 Å². The molecule has 0 N–H and O–H groups in total. The lowest BCUT2D eigenvalue weighted by molar-refractivity contribution is 0.256. The maximum absolute atomic E-state index is 2.70. The first kappa shape index (κ1) is 8.08. The van der Waals surface area contributed by atoms with Crippen molar-refractivity contribution in [2.75, 3.05) is 0 Å². The molecule has 0 nitrogen and oxygen atoms in total. The van der Waals surface area contributed by atoms with E-state index in [-0.39, 0.29) is 0 Å². The molecule has 10 heavy (non-hydrogen) atoms. The van der Waals surface area contributed by atoms with Crippen molar-refractivity contribution in [2.24, 2.45) is 0 Å². The van der Waals surface area contributed by atoms with Crippen LogP contribution in [0.15, 0.2) is 0 Å². The number of hydrogen-bond acceptors (Lipinski definition) is 0. The fourth-order valence-corrected chi connectivity index (χ4v) is 3.71. The van der Waals surface area contributed by atoms with E-state index in [2.05, 4.69) is 45.2 Å². The van der Waals surface area contributed by atoms with Crippen LogP contribution in [0.25, 0.3) is 0 Å². The van der Waals surface area contributed by atoms with Crippen LogP contribution in [0, 0.1) is 0 Å². The first-order valence-electron chi connectivity index (χ1n) is 4.00. The average molecular weight is 362 g/mol. The minimum atomic E-state index is 0.727. The van der Waals surface area contributed by atoms with Crippen LogP contribution in [0.3, 0.4) is 0 Å². The highest BCUT2D eigenvalue weighted by Gasteiger charge is 2.45. The molecule has 0 saturated heterocycles. The molecule has 3 fully saturated rings. The Morgan fingerprint density at radius 1 is 0.600 bits per heavy atom. The summed E-state index contributed by atoms with van der Waals surface area (Å²) in [5, 5.41) is 0. The molecule has 2 bridgehead atoms. The van der Waals surface area contributed by atoms with E-state index in [9.17, 15) is 0 Å². The summed E-state index contributed by atoms with van der Waals surface area (Å²) in [6.45, 7) is 0. The van der Waals surface area contributed by atoms with Crippen molar-refractivity contribution in [1.29, 1.82) is 0 Å². The van der Waals surface area contributed by atoms with Crippen molar-refractivity contribution in [2.45, 2.75) is 45.4 Å². The molecule has 0 aromatic heterocycles. The zero-order chi connectivity index (χ0) is 7.24. The second-order valence-corrected chi connectivity index (χ2v) is 8.38. The largest absolute Gasteiger partial charge is 0.0789 e. The lowest BCUT2D eigenvalue weighted by atomic mass is 9.71. The molecule has 0 aliphatic heterocycles. The number of alkyl halides is 2. The Bertz CT molecular complexity index is 111. The zero-order valence-corrected chi connectivity index (χ0v) is 10.3. The van der Waals surface area contributed by atoms with Gasteiger partial charge < -0.3 is 0 Å². The minimum Gasteiger partial charge on any atom is -0.0789 e. The van der Waals surface area contributed by atoms with Crippen molar-refractivity contribution in [1.82, 2.24) is 0 Å². The summed E-state index contributed by atoms with van der Waals surface area (Å²) < 4.78 is 1.45. The standard InChI is InChI=1S/C8H12I2/c9-7-1-2-8(10,5-3-7)6-4-7/h1-6H2. The van der Waals surface area contributed by atoms with E-state index in [0.29, 0.717) is 0 Å². The number of rotatable bonds is 0. The van der Waals surface area contributed by atoms with E-state index in [0.717, 1.165) is 6.84 Å². The number of halogens is 2. The SMILES string of the molecule is IC12CCC(I)(CC1)CC2. The zero-order valence-electron chi connectivity index (χ0n) is 6.00. The summed E-state index contributed by atoms with van der Waals surface area (Å²) in [4.78, 5) is 0. The van der Waals surface area contributed by atoms with Crippen LogP contribution in [0.5, 0.6) is 0 Å². The molecular weight excluding hydrogens is 350 g/mol. The van der Waals surface area contributed by atoms with Crippen molar-refractivity contribution >= 4 is 45.2 Å². The quantitative estimate of drug-likeness (QED) is 0.456. The first-order chi connectivity index (χ1) is 4.62. The van der Waals surface area contributed by atoms with Crippen LogP contribution in [0.2, 0.25) is 0 Å². The van der Waals surface area contributed by atoms with Crippen LogP contribution in [0.1, 0.15) is 38.5 Å². The van der Waals surface area contributed by atoms with Gasteiger partial charge in [-0.05, 0) is 38.5 Å². The molecule has 0 spiro atoms. The van der Waals surface area contributed by atoms with Crippen molar-refractivity contribution in [3.05, 3.63) is 0 Å². The van der Waals surface area contributed by atoms with E-state index in [1.54, 1.807) is 0 Å². The summed E-state index contributed by atoms with van der Waals surface area (Å²) in [5.41, 5.74) is 0. The normalized spacial score (nSPS) is 53.4. The van der Waals surface area contributed by atoms with Gasteiger partial charge in [-0.25, -0.2) is 0 Å². The summed E-state index contributed by atoms with van der Waals surface area (Å²) in [5.74, 6) is 0. The average Bonchev–Trinajstić information content (AvgIpc) is 1.93. The summed E-state index contributed by atoms with van der Waals surface area (Å²) in [6, 6.07) is 0. The molecule has 3 aliphatic carbocycles. The number of hydrogen-bond donors (Lipinski definition) is 0. The van der Waals surface area contributed by atoms with Gasteiger partial charge in [-0.3, -0.25) is 0 Å². The van der Waals surface area contributed by atoms with E-state index >= 15 is 0 Å². The van der Waals surface area contributed by atoms with Gasteiger partial charge in [-0.1, -0.05) is 45.2 Å². The fourth-order valence-electron chi connectivity index (χ4n) is 2.09. The van der Waals surface area contributed by atoms with Gasteiger partial charge in [-0.15, -0.1) is 0 Å². The summed E-state index contributed by atoms with van der Waals surface area (Å²) in [6.07, 6.45) is 8.90. The molecule has 3 aliphatic rings. The molecule has 0 unspecified atom stereocenters. The molecular formula is C8H12I2. The van der Waals surface area contributed by atoms with E-state index in [1.807, 2.05) is 0 Å². The highest BCUT2D eigenvalue weighted by molar-refractivity contribution is 14.1. The Labute approximate surface area is 89.8 Å². The van der Waals surface area contributed by atoms with Crippen LogP contribution in [0.4, 0.5) is 0 Å². The van der Waals surface area contributed by atoms with Gasteiger partial charge in [-0.2, -0.15) is 0 Å². The van der Waals surface area contributed by atoms with Crippen molar-refractivity contribution < 1.29 is 0 Å². The predicted molar refractivity (Wildman–Crippen MR) is 61.2 cm³/mol. The van der Waals surface area contributed by atoms with Crippen LogP contribution in [-0.4, -0.2) is 6.84 Å². The maximum atomic E-state index is 2.70. The third-order valence-electron chi connectivity index (χ3n) is 3.06. The Morgan fingerprint density at radius 2 is 0.800 bits per heavy atom. The topological polar surface area (TPSA) is 0 Å². The van der Waals surface area contributed by atoms with Gasteiger partial charge in [0.1, 0.15) is 0 Å². The van der Waals surface area contributed by atoms with Gasteiger partial charge in [0.2, 0.25) is 0 Å². The maximum Gasteiger partial charge on any atom is 0.0223 e. The van der Waals surface area contributed by atoms with E-state index < -0.39 is 0 Å². The smallest absolute Gasteiger partial charge is 0.0223 e. The van der Waals surface area contributed by atoms with Gasteiger partial charge in [0.25, 0.3) is 0 Å². The molecule has 0 radical (unpaired) electrons. The molecule has 3 rings (SSSR count). The van der Waals surface area contributed by atoms with E-state index in [1.165, 1.54) is 38.5 Å². The molecule has 0 heterocycles. The van der Waals surface area contributed by atoms with Crippen LogP contribution < -0.4 is 0 Å². The monoisotopic (exact) mass is 362 g/mol. The Kier molecular flexibility index (Phi) is 2.00. The second-order valence-electron chi connectivity index (χ2n) is 3.80. The minimum absolute atomic E-state index is 0.727. The first-order valence-corrected chi connectivity index (χ1v) is 6.16. The molecule has 58 valence electrons. The Morgan fingerprint density at radius 3 is 1.00 bits per heavy atom. The lowest BCUT2D eigenvalue weighted by Crippen LogP contribution is -2.42. The lowest BCUT2D eigenvalue weighted by Gasteiger charge is -2.48. The highest BCUT2D eigenvalue weighted by Crippen LogP contribution is 2.55. The molecule has 3 saturated carbocycles. The Hall–Kier alpha value is 1.46. The molecule has 0 amide bonds. The summed E-state index contributed by atoms with van der Waals surface area (Å²) in [7, 11) is 0. The number of fused-ring (bicyclic) bond motifs is 3. The van der Waals surface area contributed by atoms with Crippen molar-refractivity contribution in [3.63, 3.8) is 0 Å². The third-order valence-corrected chi connectivity index (χ3v) is 6.30. The molecule has 0 aromatic carbocycles. The van der Waals surface area contributed by atoms with Gasteiger partial charge in [0.05, 0.1) is 0 Å². The van der Waals surface area contributed by atoms with Crippen molar-refractivity contribution in [3.8, 4) is 0 Å². The van der Waals surface area contributed by atoms with E-state index in [4.69, 9.17) is 0 Å². The summed E-state index contributed by atoms with van der Waals surface area (Å²) >= 11 is 5.39. The fraction of sp³-hybridized carbons (Fsp3) is 1.00. The predicted octanol–water partition coefficient (Wildman–Crippen LogP) is 3.70. The molecule has 2 heteroatoms. The molecule has 0 atom stereocenters. The van der Waals surface area contributed by atoms with Gasteiger partial charge >= 0.3 is 0 Å². The van der Waals surface area contributed by atoms with Gasteiger partial charge in [0.15, 0.2) is 0 Å². The van der Waals surface area contributed by atoms with Gasteiger partial charge in [0, 0.05) is 6.84 Å². The third kappa shape index (κ3) is 1.34. The highest BCUT2D eigenvalue weighted by atomic mass is 127. The second kappa shape index (κ2) is 2.47. The van der Waals surface area contributed by atoms with Crippen LogP contribution >= 0.6 is 45.2 Å².